The fourth-order valence-electron chi connectivity index (χ4n) is 4.54. The van der Waals surface area contributed by atoms with E-state index in [9.17, 15) is 18.0 Å². The van der Waals surface area contributed by atoms with Crippen molar-refractivity contribution in [1.29, 1.82) is 0 Å². The molecule has 31 heavy (non-hydrogen) atoms. The molecule has 1 saturated heterocycles. The molecule has 2 heterocycles. The normalized spacial score (nSPS) is 19.0. The maximum atomic E-state index is 13.2. The van der Waals surface area contributed by atoms with Gasteiger partial charge in [0.05, 0.1) is 11.2 Å². The molecule has 1 atom stereocenters. The highest BCUT2D eigenvalue weighted by molar-refractivity contribution is 7.89. The minimum absolute atomic E-state index is 0.0762. The van der Waals surface area contributed by atoms with Crippen molar-refractivity contribution in [2.75, 3.05) is 19.6 Å². The van der Waals surface area contributed by atoms with Crippen LogP contribution in [0.25, 0.3) is 0 Å². The number of furan rings is 1. The zero-order chi connectivity index (χ0) is 22.0. The summed E-state index contributed by atoms with van der Waals surface area (Å²) in [6.45, 7) is 1.54. The van der Waals surface area contributed by atoms with Gasteiger partial charge in [-0.1, -0.05) is 0 Å². The summed E-state index contributed by atoms with van der Waals surface area (Å²) in [6, 6.07) is 6.52. The van der Waals surface area contributed by atoms with Crippen LogP contribution < -0.4 is 10.5 Å². The second kappa shape index (κ2) is 8.84. The molecule has 3 N–H and O–H groups in total. The number of carbonyl (C=O) groups is 2. The molecule has 166 valence electrons. The fraction of sp³-hybridized carbons (Fsp3) is 0.455. The van der Waals surface area contributed by atoms with Crippen molar-refractivity contribution < 1.29 is 22.4 Å². The summed E-state index contributed by atoms with van der Waals surface area (Å²) in [7, 11) is -3.91. The zero-order valence-electron chi connectivity index (χ0n) is 17.3. The van der Waals surface area contributed by atoms with Crippen molar-refractivity contribution in [2.45, 2.75) is 43.4 Å². The lowest BCUT2D eigenvalue weighted by Gasteiger charge is -2.33. The summed E-state index contributed by atoms with van der Waals surface area (Å²) in [4.78, 5) is 27.1. The number of nitrogens with zero attached hydrogens (tertiary/aromatic N) is 1. The molecule has 1 fully saturated rings. The van der Waals surface area contributed by atoms with Crippen LogP contribution in [0.2, 0.25) is 0 Å². The molecule has 2 amide bonds. The predicted octanol–water partition coefficient (Wildman–Crippen LogP) is 2.09. The van der Waals surface area contributed by atoms with Gasteiger partial charge in [-0.15, -0.1) is 0 Å². The smallest absolute Gasteiger partial charge is 0.286 e. The molecule has 1 aliphatic carbocycles. The van der Waals surface area contributed by atoms with Crippen LogP contribution in [0.5, 0.6) is 0 Å². The largest absolute Gasteiger partial charge is 0.459 e. The number of nitrogens with two attached hydrogens (primary N) is 1. The van der Waals surface area contributed by atoms with Crippen LogP contribution in [0.1, 0.15) is 57.7 Å². The summed E-state index contributed by atoms with van der Waals surface area (Å²) in [5, 5.41) is 8.32. The topological polar surface area (TPSA) is 123 Å². The Hall–Kier alpha value is -2.65. The Bertz CT molecular complexity index is 1080. The number of hydrogen-bond donors (Lipinski definition) is 2. The summed E-state index contributed by atoms with van der Waals surface area (Å²) >= 11 is 0. The molecule has 8 nitrogen and oxygen atoms in total. The number of aryl methyl sites for hydroxylation is 1. The number of rotatable bonds is 5. The predicted molar refractivity (Wildman–Crippen MR) is 114 cm³/mol. The second-order valence-corrected chi connectivity index (χ2v) is 9.84. The monoisotopic (exact) mass is 445 g/mol. The molecule has 0 radical (unpaired) electrons. The van der Waals surface area contributed by atoms with E-state index in [0.717, 1.165) is 43.2 Å². The molecule has 2 aliphatic rings. The first-order chi connectivity index (χ1) is 14.8. The van der Waals surface area contributed by atoms with Gasteiger partial charge in [-0.25, -0.2) is 13.6 Å². The van der Waals surface area contributed by atoms with E-state index in [-0.39, 0.29) is 28.4 Å². The quantitative estimate of drug-likeness (QED) is 0.730. The van der Waals surface area contributed by atoms with Crippen LogP contribution in [0.4, 0.5) is 0 Å². The number of nitrogens with one attached hydrogen (secondary N) is 1. The highest BCUT2D eigenvalue weighted by atomic mass is 32.2. The average Bonchev–Trinajstić information content (AvgIpc) is 3.31. The molecule has 1 unspecified atom stereocenters. The number of primary sulfonamides is 1. The van der Waals surface area contributed by atoms with E-state index in [4.69, 9.17) is 9.56 Å². The van der Waals surface area contributed by atoms with Gasteiger partial charge in [0.25, 0.3) is 11.8 Å². The number of hydrogen-bond acceptors (Lipinski definition) is 5. The molecule has 1 aliphatic heterocycles. The lowest BCUT2D eigenvalue weighted by Crippen LogP contribution is -2.43. The lowest BCUT2D eigenvalue weighted by atomic mass is 9.89. The average molecular weight is 446 g/mol. The van der Waals surface area contributed by atoms with Crippen molar-refractivity contribution >= 4 is 21.8 Å². The van der Waals surface area contributed by atoms with Gasteiger partial charge in [-0.3, -0.25) is 9.59 Å². The zero-order valence-corrected chi connectivity index (χ0v) is 18.1. The Kier molecular flexibility index (Phi) is 6.15. The van der Waals surface area contributed by atoms with Crippen LogP contribution in [-0.2, 0) is 22.9 Å². The van der Waals surface area contributed by atoms with Crippen molar-refractivity contribution in [3.05, 3.63) is 53.0 Å². The first-order valence-corrected chi connectivity index (χ1v) is 12.2. The van der Waals surface area contributed by atoms with Gasteiger partial charge in [0.1, 0.15) is 0 Å². The van der Waals surface area contributed by atoms with Crippen LogP contribution in [0.15, 0.2) is 39.8 Å². The molecule has 0 spiro atoms. The van der Waals surface area contributed by atoms with Crippen molar-refractivity contribution in [2.24, 2.45) is 11.1 Å². The highest BCUT2D eigenvalue weighted by Crippen LogP contribution is 2.29. The van der Waals surface area contributed by atoms with Crippen LogP contribution in [0.3, 0.4) is 0 Å². The molecule has 0 bridgehead atoms. The third kappa shape index (κ3) is 4.83. The summed E-state index contributed by atoms with van der Waals surface area (Å²) in [5.41, 5.74) is 2.02. The minimum Gasteiger partial charge on any atom is -0.459 e. The van der Waals surface area contributed by atoms with E-state index in [0.29, 0.717) is 31.6 Å². The Morgan fingerprint density at radius 2 is 2.00 bits per heavy atom. The molecule has 1 aromatic heterocycles. The maximum Gasteiger partial charge on any atom is 0.286 e. The van der Waals surface area contributed by atoms with Gasteiger partial charge in [0.15, 0.2) is 5.76 Å². The third-order valence-electron chi connectivity index (χ3n) is 6.08. The van der Waals surface area contributed by atoms with Crippen LogP contribution in [0, 0.1) is 5.92 Å². The van der Waals surface area contributed by atoms with Crippen molar-refractivity contribution in [3.8, 4) is 0 Å². The first kappa shape index (κ1) is 21.6. The van der Waals surface area contributed by atoms with E-state index in [1.807, 2.05) is 6.07 Å². The van der Waals surface area contributed by atoms with E-state index in [1.165, 1.54) is 12.3 Å². The molecule has 2 aromatic rings. The Balaban J connectivity index is 1.48. The number of fused-ring (bicyclic) bond motifs is 1. The molecule has 4 rings (SSSR count). The van der Waals surface area contributed by atoms with Crippen molar-refractivity contribution in [3.63, 3.8) is 0 Å². The van der Waals surface area contributed by atoms with Crippen LogP contribution >= 0.6 is 0 Å². The van der Waals surface area contributed by atoms with Crippen molar-refractivity contribution in [1.82, 2.24) is 10.2 Å². The standard InChI is InChI=1S/C22H27N3O5S/c23-31(28,29)20-12-17(11-16-6-1-2-7-18(16)20)22(27)25-9-3-5-15(14-25)13-24-21(26)19-8-4-10-30-19/h4,8,10-12,15H,1-3,5-7,9,13-14H2,(H,24,26)(H2,23,28,29). The number of sulfonamides is 1. The Morgan fingerprint density at radius 1 is 1.19 bits per heavy atom. The molecule has 1 aromatic carbocycles. The minimum atomic E-state index is -3.91. The summed E-state index contributed by atoms with van der Waals surface area (Å²) < 4.78 is 29.4. The van der Waals surface area contributed by atoms with Gasteiger partial charge in [-0.05, 0) is 79.8 Å². The molecule has 0 saturated carbocycles. The molecular weight excluding hydrogens is 418 g/mol. The number of benzene rings is 1. The van der Waals surface area contributed by atoms with E-state index in [2.05, 4.69) is 5.32 Å². The number of likely N-dealkylation sites (tertiary alicyclic amines) is 1. The van der Waals surface area contributed by atoms with E-state index >= 15 is 0 Å². The molecular formula is C22H27N3O5S. The van der Waals surface area contributed by atoms with Gasteiger partial charge in [-0.2, -0.15) is 0 Å². The summed E-state index contributed by atoms with van der Waals surface area (Å²) in [5.74, 6) is -0.0958. The SMILES string of the molecule is NS(=O)(=O)c1cc(C(=O)N2CCCC(CNC(=O)c3ccco3)C2)cc2c1CCCC2. The van der Waals surface area contributed by atoms with Gasteiger partial charge in [0.2, 0.25) is 10.0 Å². The van der Waals surface area contributed by atoms with E-state index in [1.54, 1.807) is 17.0 Å². The second-order valence-electron chi connectivity index (χ2n) is 8.31. The van der Waals surface area contributed by atoms with E-state index < -0.39 is 10.0 Å². The number of carbonyl (C=O) groups excluding carboxylic acids is 2. The maximum absolute atomic E-state index is 13.2. The fourth-order valence-corrected chi connectivity index (χ4v) is 5.40. The molecule has 9 heteroatoms. The van der Waals surface area contributed by atoms with Gasteiger partial charge in [0, 0.05) is 25.2 Å². The van der Waals surface area contributed by atoms with Gasteiger partial charge >= 0.3 is 0 Å². The number of amides is 2. The summed E-state index contributed by atoms with van der Waals surface area (Å²) in [6.07, 6.45) is 6.46. The van der Waals surface area contributed by atoms with Gasteiger partial charge < -0.3 is 14.6 Å². The van der Waals surface area contributed by atoms with Crippen LogP contribution in [-0.4, -0.2) is 44.8 Å². The Morgan fingerprint density at radius 3 is 2.74 bits per heavy atom. The lowest BCUT2D eigenvalue weighted by molar-refractivity contribution is 0.0669. The number of piperidine rings is 1. The Labute approximate surface area is 181 Å². The highest BCUT2D eigenvalue weighted by Gasteiger charge is 2.28. The first-order valence-electron chi connectivity index (χ1n) is 10.6. The third-order valence-corrected chi connectivity index (χ3v) is 7.06.